The lowest BCUT2D eigenvalue weighted by atomic mass is 10.3. The van der Waals surface area contributed by atoms with E-state index in [9.17, 15) is 12.8 Å². The predicted molar refractivity (Wildman–Crippen MR) is 76.4 cm³/mol. The first-order valence-corrected chi connectivity index (χ1v) is 8.29. The minimum atomic E-state index is -3.59. The largest absolute Gasteiger partial charge is 0.489 e. The van der Waals surface area contributed by atoms with E-state index in [4.69, 9.17) is 16.3 Å². The summed E-state index contributed by atoms with van der Waals surface area (Å²) in [6.45, 7) is 0.0610. The van der Waals surface area contributed by atoms with Crippen LogP contribution in [-0.4, -0.2) is 21.6 Å². The smallest absolute Gasteiger partial charge is 0.250 e. The van der Waals surface area contributed by atoms with Crippen molar-refractivity contribution in [2.24, 2.45) is 0 Å². The van der Waals surface area contributed by atoms with Crippen molar-refractivity contribution < 1.29 is 17.5 Å². The molecule has 0 spiro atoms. The van der Waals surface area contributed by atoms with Crippen LogP contribution in [0.25, 0.3) is 0 Å². The summed E-state index contributed by atoms with van der Waals surface area (Å²) >= 11 is 6.65. The van der Waals surface area contributed by atoms with Gasteiger partial charge in [-0.2, -0.15) is 0 Å². The first-order valence-electron chi connectivity index (χ1n) is 5.61. The molecule has 0 aliphatic rings. The summed E-state index contributed by atoms with van der Waals surface area (Å²) < 4.78 is 44.9. The Kier molecular flexibility index (Phi) is 4.98. The summed E-state index contributed by atoms with van der Waals surface area (Å²) in [5.41, 5.74) is 0. The van der Waals surface area contributed by atoms with Crippen LogP contribution in [0.3, 0.4) is 0 Å². The molecule has 0 radical (unpaired) electrons. The molecule has 0 aliphatic heterocycles. The molecule has 0 fully saturated rings. The van der Waals surface area contributed by atoms with Gasteiger partial charge in [-0.25, -0.2) is 17.5 Å². The molecule has 20 heavy (non-hydrogen) atoms. The topological polar surface area (TPSA) is 55.4 Å². The van der Waals surface area contributed by atoms with Crippen LogP contribution in [0.5, 0.6) is 5.75 Å². The summed E-state index contributed by atoms with van der Waals surface area (Å²) in [5.74, 6) is -0.397. The highest BCUT2D eigenvalue weighted by molar-refractivity contribution is 7.91. The lowest BCUT2D eigenvalue weighted by molar-refractivity contribution is 0.306. The van der Waals surface area contributed by atoms with Crippen LogP contribution >= 0.6 is 22.9 Å². The number of hydrogen-bond acceptors (Lipinski definition) is 4. The van der Waals surface area contributed by atoms with Crippen molar-refractivity contribution in [1.29, 1.82) is 0 Å². The van der Waals surface area contributed by atoms with Crippen LogP contribution in [0.15, 0.2) is 40.6 Å². The highest BCUT2D eigenvalue weighted by Gasteiger charge is 2.15. The molecule has 2 aromatic rings. The first kappa shape index (κ1) is 15.2. The van der Waals surface area contributed by atoms with Gasteiger partial charge < -0.3 is 4.74 Å². The van der Waals surface area contributed by atoms with E-state index in [1.807, 2.05) is 0 Å². The zero-order chi connectivity index (χ0) is 14.6. The van der Waals surface area contributed by atoms with E-state index in [1.54, 1.807) is 12.1 Å². The third-order valence-corrected chi connectivity index (χ3v) is 5.49. The van der Waals surface area contributed by atoms with Crippen molar-refractivity contribution in [3.05, 3.63) is 46.6 Å². The second-order valence-electron chi connectivity index (χ2n) is 3.74. The number of ether oxygens (including phenoxy) is 1. The fourth-order valence-electron chi connectivity index (χ4n) is 1.41. The van der Waals surface area contributed by atoms with Gasteiger partial charge >= 0.3 is 0 Å². The fourth-order valence-corrected chi connectivity index (χ4v) is 3.95. The summed E-state index contributed by atoms with van der Waals surface area (Å²) in [5, 5.41) is 0. The van der Waals surface area contributed by atoms with Crippen molar-refractivity contribution in [3.63, 3.8) is 0 Å². The maximum atomic E-state index is 13.2. The Morgan fingerprint density at radius 2 is 2.00 bits per heavy atom. The molecule has 0 bridgehead atoms. The molecule has 108 valence electrons. The molecule has 0 saturated carbocycles. The average molecular weight is 336 g/mol. The quantitative estimate of drug-likeness (QED) is 0.826. The van der Waals surface area contributed by atoms with Gasteiger partial charge in [0.25, 0.3) is 0 Å². The number of nitrogens with one attached hydrogen (secondary N) is 1. The molecule has 0 unspecified atom stereocenters. The monoisotopic (exact) mass is 335 g/mol. The Morgan fingerprint density at radius 1 is 1.25 bits per heavy atom. The second kappa shape index (κ2) is 6.53. The van der Waals surface area contributed by atoms with Crippen LogP contribution in [0.1, 0.15) is 0 Å². The Morgan fingerprint density at radius 3 is 2.65 bits per heavy atom. The van der Waals surface area contributed by atoms with E-state index in [1.165, 1.54) is 24.3 Å². The SMILES string of the molecule is O=S(=O)(NCCOc1ccccc1F)c1ccc(Cl)s1. The van der Waals surface area contributed by atoms with E-state index in [-0.39, 0.29) is 23.1 Å². The lowest BCUT2D eigenvalue weighted by Gasteiger charge is -2.08. The Bertz CT molecular complexity index is 688. The van der Waals surface area contributed by atoms with E-state index >= 15 is 0 Å². The van der Waals surface area contributed by atoms with E-state index in [2.05, 4.69) is 4.72 Å². The van der Waals surface area contributed by atoms with Crippen LogP contribution < -0.4 is 9.46 Å². The highest BCUT2D eigenvalue weighted by atomic mass is 35.5. The van der Waals surface area contributed by atoms with E-state index in [0.717, 1.165) is 11.3 Å². The lowest BCUT2D eigenvalue weighted by Crippen LogP contribution is -2.27. The second-order valence-corrected chi connectivity index (χ2v) is 7.44. The minimum absolute atomic E-state index is 0.0271. The normalized spacial score (nSPS) is 11.5. The molecule has 1 aromatic heterocycles. The zero-order valence-corrected chi connectivity index (χ0v) is 12.6. The van der Waals surface area contributed by atoms with Gasteiger partial charge in [0.15, 0.2) is 11.6 Å². The average Bonchev–Trinajstić information content (AvgIpc) is 2.84. The molecule has 0 saturated heterocycles. The molecular formula is C12H11ClFNO3S2. The van der Waals surface area contributed by atoms with Crippen molar-refractivity contribution >= 4 is 33.0 Å². The van der Waals surface area contributed by atoms with Crippen molar-refractivity contribution in [2.75, 3.05) is 13.2 Å². The van der Waals surface area contributed by atoms with Crippen molar-refractivity contribution in [1.82, 2.24) is 4.72 Å². The first-order chi connectivity index (χ1) is 9.49. The van der Waals surface area contributed by atoms with Gasteiger partial charge in [0.2, 0.25) is 10.0 Å². The molecule has 1 heterocycles. The Labute approximate surface area is 125 Å². The van der Waals surface area contributed by atoms with Crippen molar-refractivity contribution in [2.45, 2.75) is 4.21 Å². The van der Waals surface area contributed by atoms with Gasteiger partial charge in [0.1, 0.15) is 10.8 Å². The maximum absolute atomic E-state index is 13.2. The van der Waals surface area contributed by atoms with Crippen molar-refractivity contribution in [3.8, 4) is 5.75 Å². The zero-order valence-electron chi connectivity index (χ0n) is 10.2. The number of sulfonamides is 1. The van der Waals surface area contributed by atoms with E-state index in [0.29, 0.717) is 4.34 Å². The highest BCUT2D eigenvalue weighted by Crippen LogP contribution is 2.25. The third kappa shape index (κ3) is 3.92. The maximum Gasteiger partial charge on any atom is 0.250 e. The third-order valence-electron chi connectivity index (χ3n) is 2.30. The van der Waals surface area contributed by atoms with Gasteiger partial charge in [-0.1, -0.05) is 23.7 Å². The number of hydrogen-bond donors (Lipinski definition) is 1. The molecule has 8 heteroatoms. The summed E-state index contributed by atoms with van der Waals surface area (Å²) in [6.07, 6.45) is 0. The number of thiophene rings is 1. The summed E-state index contributed by atoms with van der Waals surface area (Å²) in [6, 6.07) is 8.86. The number of benzene rings is 1. The van der Waals surface area contributed by atoms with Gasteiger partial charge in [-0.3, -0.25) is 0 Å². The fraction of sp³-hybridized carbons (Fsp3) is 0.167. The molecule has 0 amide bonds. The molecular weight excluding hydrogens is 325 g/mol. The van der Waals surface area contributed by atoms with Gasteiger partial charge in [0.05, 0.1) is 4.34 Å². The molecule has 4 nitrogen and oxygen atoms in total. The van der Waals surface area contributed by atoms with Crippen LogP contribution in [-0.2, 0) is 10.0 Å². The molecule has 0 aliphatic carbocycles. The molecule has 1 aromatic carbocycles. The number of para-hydroxylation sites is 1. The summed E-state index contributed by atoms with van der Waals surface area (Å²) in [7, 11) is -3.59. The van der Waals surface area contributed by atoms with Gasteiger partial charge in [0, 0.05) is 6.54 Å². The number of halogens is 2. The Hall–Kier alpha value is -1.15. The molecule has 0 atom stereocenters. The number of rotatable bonds is 6. The van der Waals surface area contributed by atoms with Gasteiger partial charge in [-0.05, 0) is 24.3 Å². The van der Waals surface area contributed by atoms with Crippen LogP contribution in [0.2, 0.25) is 4.34 Å². The molecule has 1 N–H and O–H groups in total. The van der Waals surface area contributed by atoms with Crippen LogP contribution in [0, 0.1) is 5.82 Å². The van der Waals surface area contributed by atoms with E-state index < -0.39 is 15.8 Å². The summed E-state index contributed by atoms with van der Waals surface area (Å²) in [4.78, 5) is 0. The van der Waals surface area contributed by atoms with Gasteiger partial charge in [-0.15, -0.1) is 11.3 Å². The standard InChI is InChI=1S/C12H11ClFNO3S2/c13-11-5-6-12(19-11)20(16,17)15-7-8-18-10-4-2-1-3-9(10)14/h1-6,15H,7-8H2. The minimum Gasteiger partial charge on any atom is -0.489 e. The van der Waals surface area contributed by atoms with Crippen LogP contribution in [0.4, 0.5) is 4.39 Å². The Balaban J connectivity index is 1.86. The molecule has 2 rings (SSSR count). The predicted octanol–water partition coefficient (Wildman–Crippen LogP) is 2.90.